The first-order valence-electron chi connectivity index (χ1n) is 25.3. The third-order valence-electron chi connectivity index (χ3n) is 13.3. The molecule has 0 aliphatic carbocycles. The van der Waals surface area contributed by atoms with Gasteiger partial charge in [-0.25, -0.2) is 0 Å². The maximum atomic E-state index is 14.4. The van der Waals surface area contributed by atoms with Gasteiger partial charge in [0.05, 0.1) is 36.0 Å². The number of hydrogen-bond donors (Lipinski definition) is 6. The number of aryl methyl sites for hydroxylation is 3. The number of hydrogen-bond acceptors (Lipinski definition) is 27. The standard InChI is InChI=1S/3C18H16N2O8S2.Al/c3*1-10-7-14(16(28-2)9-17(10)30(25,26)27)19-20-18-13-5-4-12(29(22,23)24)8-11(13)3-6-15(18)21;/h3*3-9,21H,1-2H3,(H,22,23,24)(H,25,26,27);/q;;;+3/p-3. The molecular formula is C54H45AlN6O24S6. The van der Waals surface area contributed by atoms with E-state index in [-0.39, 0.29) is 100 Å². The van der Waals surface area contributed by atoms with Gasteiger partial charge in [0.1, 0.15) is 83.3 Å². The number of benzene rings is 9. The number of methoxy groups -OCH3 is 3. The first-order valence-corrected chi connectivity index (χ1v) is 35.3. The molecule has 9 rings (SSSR count). The fourth-order valence-electron chi connectivity index (χ4n) is 8.98. The Balaban J connectivity index is 1.08. The van der Waals surface area contributed by atoms with Gasteiger partial charge >= 0.3 is 15.1 Å². The molecule has 0 amide bonds. The van der Waals surface area contributed by atoms with Crippen molar-refractivity contribution in [2.75, 3.05) is 21.3 Å². The molecule has 0 saturated carbocycles. The molecule has 30 nitrogen and oxygen atoms in total. The van der Waals surface area contributed by atoms with E-state index in [2.05, 4.69) is 30.7 Å². The Morgan fingerprint density at radius 3 is 0.824 bits per heavy atom. The van der Waals surface area contributed by atoms with E-state index in [1.807, 2.05) is 0 Å². The van der Waals surface area contributed by atoms with E-state index in [0.717, 1.165) is 91.0 Å². The van der Waals surface area contributed by atoms with Crippen molar-refractivity contribution in [3.8, 4) is 34.5 Å². The van der Waals surface area contributed by atoms with E-state index in [9.17, 15) is 79.5 Å². The van der Waals surface area contributed by atoms with Crippen LogP contribution in [0.5, 0.6) is 34.5 Å². The smallest absolute Gasteiger partial charge is 0.506 e. The molecule has 0 heterocycles. The number of fused-ring (bicyclic) bond motifs is 3. The third kappa shape index (κ3) is 14.3. The SMILES string of the molecule is COc1cc(S(=O)(=O)O)c(C)cc1N=Nc1c(O)ccc2cc(S(=O)(=O)[O][Al]([O]S(=O)(=O)c3ccc4c(N=Nc5cc(C)c(S(=O)(=O)O)cc5OC)c(O)ccc4c3)[O]S(=O)(=O)c3ccc4c(N=Nc5cc(C)c(S(=O)(=O)O)cc5OC)c(O)ccc4c3)ccc12. The molecule has 0 atom stereocenters. The van der Waals surface area contributed by atoms with Gasteiger partial charge in [0.2, 0.25) is 0 Å². The van der Waals surface area contributed by atoms with Gasteiger partial charge in [0.25, 0.3) is 60.7 Å². The minimum atomic E-state index is -5.38. The Morgan fingerprint density at radius 2 is 0.593 bits per heavy atom. The van der Waals surface area contributed by atoms with E-state index in [0.29, 0.717) is 0 Å². The second kappa shape index (κ2) is 25.2. The lowest BCUT2D eigenvalue weighted by Gasteiger charge is -2.16. The van der Waals surface area contributed by atoms with Crippen LogP contribution in [-0.2, 0) is 70.4 Å². The van der Waals surface area contributed by atoms with Crippen LogP contribution in [-0.4, -0.2) is 116 Å². The number of ether oxygens (including phenoxy) is 3. The Labute approximate surface area is 523 Å². The van der Waals surface area contributed by atoms with Crippen molar-refractivity contribution in [1.29, 1.82) is 0 Å². The maximum Gasteiger partial charge on any atom is 0.952 e. The average Bonchev–Trinajstić information content (AvgIpc) is 0.843. The molecule has 0 spiro atoms. The normalized spacial score (nSPS) is 12.9. The van der Waals surface area contributed by atoms with Crippen LogP contribution in [0.4, 0.5) is 34.1 Å². The van der Waals surface area contributed by atoms with E-state index < -0.39 is 122 Å². The molecule has 0 aromatic heterocycles. The first-order chi connectivity index (χ1) is 42.5. The van der Waals surface area contributed by atoms with Crippen LogP contribution in [0.25, 0.3) is 32.3 Å². The Bertz CT molecular complexity index is 4820. The fourth-order valence-corrected chi connectivity index (χ4v) is 17.7. The lowest BCUT2D eigenvalue weighted by Crippen LogP contribution is -2.35. The highest BCUT2D eigenvalue weighted by Crippen LogP contribution is 2.44. The summed E-state index contributed by atoms with van der Waals surface area (Å²) in [5, 5.41) is 57.4. The first kappa shape index (κ1) is 66.8. The molecule has 0 aliphatic heterocycles. The fraction of sp³-hybridized carbons (Fsp3) is 0.111. The molecule has 0 saturated heterocycles. The number of phenols is 3. The van der Waals surface area contributed by atoms with Crippen LogP contribution in [0.1, 0.15) is 16.7 Å². The quantitative estimate of drug-likeness (QED) is 0.0221. The third-order valence-corrected chi connectivity index (χ3v) is 23.7. The second-order valence-corrected chi connectivity index (χ2v) is 30.5. The summed E-state index contributed by atoms with van der Waals surface area (Å²) < 4.78 is 219. The summed E-state index contributed by atoms with van der Waals surface area (Å²) in [4.78, 5) is -3.73. The molecule has 0 fully saturated rings. The molecule has 9 aromatic carbocycles. The second-order valence-electron chi connectivity index (χ2n) is 19.3. The van der Waals surface area contributed by atoms with Crippen LogP contribution in [0.3, 0.4) is 0 Å². The molecule has 474 valence electrons. The van der Waals surface area contributed by atoms with Crippen molar-refractivity contribution in [3.63, 3.8) is 0 Å². The predicted molar refractivity (Wildman–Crippen MR) is 323 cm³/mol. The molecule has 0 bridgehead atoms. The molecule has 0 unspecified atom stereocenters. The topological polar surface area (TPSA) is 456 Å². The van der Waals surface area contributed by atoms with Crippen molar-refractivity contribution in [2.45, 2.75) is 50.1 Å². The summed E-state index contributed by atoms with van der Waals surface area (Å²) in [6.07, 6.45) is 0. The maximum absolute atomic E-state index is 14.4. The molecule has 37 heteroatoms. The van der Waals surface area contributed by atoms with Crippen molar-refractivity contribution in [3.05, 3.63) is 144 Å². The van der Waals surface area contributed by atoms with Gasteiger partial charge in [-0.2, -0.15) is 50.5 Å². The zero-order chi connectivity index (χ0) is 66.5. The lowest BCUT2D eigenvalue weighted by atomic mass is 10.1. The summed E-state index contributed by atoms with van der Waals surface area (Å²) in [5.41, 5.74) is -0.838. The van der Waals surface area contributed by atoms with Crippen LogP contribution in [0.15, 0.2) is 187 Å². The molecule has 6 N–H and O–H groups in total. The van der Waals surface area contributed by atoms with Crippen LogP contribution < -0.4 is 14.2 Å². The van der Waals surface area contributed by atoms with Crippen molar-refractivity contribution in [2.24, 2.45) is 30.7 Å². The summed E-state index contributed by atoms with van der Waals surface area (Å²) in [5.74, 6) is -1.93. The largest absolute Gasteiger partial charge is 0.952 e. The summed E-state index contributed by atoms with van der Waals surface area (Å²) in [6.45, 7) is 4.06. The zero-order valence-electron chi connectivity index (χ0n) is 47.4. The number of nitrogens with zero attached hydrogens (tertiary/aromatic N) is 6. The van der Waals surface area contributed by atoms with Gasteiger partial charge in [-0.05, 0) is 126 Å². The summed E-state index contributed by atoms with van der Waals surface area (Å²) in [6, 6.07) is 22.7. The summed E-state index contributed by atoms with van der Waals surface area (Å²) >= 11 is -5.26. The average molecular weight is 1380 g/mol. The number of rotatable bonds is 21. The van der Waals surface area contributed by atoms with Crippen LogP contribution in [0.2, 0.25) is 0 Å². The highest BCUT2D eigenvalue weighted by molar-refractivity contribution is 7.90. The number of phenolic OH excluding ortho intramolecular Hbond substituents is 3. The Morgan fingerprint density at radius 1 is 0.341 bits per heavy atom. The number of aromatic hydroxyl groups is 3. The van der Waals surface area contributed by atoms with Gasteiger partial charge in [0, 0.05) is 34.4 Å². The van der Waals surface area contributed by atoms with Gasteiger partial charge in [0.15, 0.2) is 0 Å². The van der Waals surface area contributed by atoms with Gasteiger partial charge in [-0.1, -0.05) is 36.4 Å². The monoisotopic (exact) mass is 1380 g/mol. The van der Waals surface area contributed by atoms with E-state index >= 15 is 0 Å². The zero-order valence-corrected chi connectivity index (χ0v) is 53.4. The highest BCUT2D eigenvalue weighted by atomic mass is 32.2. The molecule has 9 aromatic rings. The van der Waals surface area contributed by atoms with Gasteiger partial charge < -0.3 is 39.2 Å². The van der Waals surface area contributed by atoms with Crippen molar-refractivity contribution in [1.82, 2.24) is 0 Å². The van der Waals surface area contributed by atoms with E-state index in [1.165, 1.54) is 78.5 Å². The van der Waals surface area contributed by atoms with Gasteiger partial charge in [-0.15, -0.1) is 30.7 Å². The molecule has 0 radical (unpaired) electrons. The van der Waals surface area contributed by atoms with Crippen LogP contribution in [0, 0.1) is 20.8 Å². The van der Waals surface area contributed by atoms with Gasteiger partial charge in [-0.3, -0.25) is 13.7 Å². The van der Waals surface area contributed by atoms with Crippen molar-refractivity contribution >= 4 is 142 Å². The highest BCUT2D eigenvalue weighted by Gasteiger charge is 2.48. The Hall–Kier alpha value is -8.65. The predicted octanol–water partition coefficient (Wildman–Crippen LogP) is 10.7. The Kier molecular flexibility index (Phi) is 18.5. The lowest BCUT2D eigenvalue weighted by molar-refractivity contribution is 0.311. The summed E-state index contributed by atoms with van der Waals surface area (Å²) in [7, 11) is -26.6. The minimum Gasteiger partial charge on any atom is -0.506 e. The van der Waals surface area contributed by atoms with E-state index in [1.54, 1.807) is 0 Å². The molecule has 0 aliphatic rings. The number of azo groups is 3. The molecule has 91 heavy (non-hydrogen) atoms. The van der Waals surface area contributed by atoms with E-state index in [4.69, 9.17) is 23.9 Å². The van der Waals surface area contributed by atoms with Crippen LogP contribution >= 0.6 is 0 Å². The minimum absolute atomic E-state index is 0.0115. The van der Waals surface area contributed by atoms with Crippen molar-refractivity contribution < 1.29 is 103 Å². The molecular weight excluding hydrogens is 1340 g/mol.